The molecule has 3 aliphatic carbocycles. The number of carbonyl (C=O) groups is 1. The Labute approximate surface area is 89.4 Å². The summed E-state index contributed by atoms with van der Waals surface area (Å²) >= 11 is 0. The van der Waals surface area contributed by atoms with E-state index in [4.69, 9.17) is 9.47 Å². The van der Waals surface area contributed by atoms with Gasteiger partial charge in [0.05, 0.1) is 12.0 Å². The lowest BCUT2D eigenvalue weighted by Gasteiger charge is -2.56. The van der Waals surface area contributed by atoms with E-state index in [0.717, 1.165) is 12.8 Å². The highest BCUT2D eigenvalue weighted by Gasteiger charge is 2.64. The Morgan fingerprint density at radius 3 is 3.13 bits per heavy atom. The molecule has 82 valence electrons. The van der Waals surface area contributed by atoms with Crippen molar-refractivity contribution in [1.29, 1.82) is 0 Å². The van der Waals surface area contributed by atoms with Crippen molar-refractivity contribution in [2.75, 3.05) is 13.7 Å². The molecule has 0 aromatic rings. The molecule has 3 nitrogen and oxygen atoms in total. The van der Waals surface area contributed by atoms with Crippen molar-refractivity contribution in [3.63, 3.8) is 0 Å². The predicted molar refractivity (Wildman–Crippen MR) is 54.2 cm³/mol. The molecule has 0 aromatic carbocycles. The van der Waals surface area contributed by atoms with E-state index < -0.39 is 5.79 Å². The van der Waals surface area contributed by atoms with E-state index in [1.807, 2.05) is 13.0 Å². The molecule has 0 amide bonds. The average Bonchev–Trinajstić information content (AvgIpc) is 2.25. The van der Waals surface area contributed by atoms with E-state index in [9.17, 15) is 4.79 Å². The van der Waals surface area contributed by atoms with Crippen LogP contribution in [0.3, 0.4) is 0 Å². The van der Waals surface area contributed by atoms with Crippen LogP contribution < -0.4 is 0 Å². The first-order chi connectivity index (χ1) is 7.12. The zero-order valence-corrected chi connectivity index (χ0v) is 9.16. The second-order valence-electron chi connectivity index (χ2n) is 5.10. The van der Waals surface area contributed by atoms with Gasteiger partial charge in [0.15, 0.2) is 0 Å². The average molecular weight is 208 g/mol. The van der Waals surface area contributed by atoms with E-state index in [1.54, 1.807) is 7.11 Å². The van der Waals surface area contributed by atoms with Crippen molar-refractivity contribution < 1.29 is 14.3 Å². The standard InChI is InChI=1S/C12H16O3/c1-11-5-3-9-8(7-11)4-6-15-12(9,14-2)10(11)13/h3,5,8-9H,4,6-7H2,1-2H3/t8-,9+,11-,12-/m0/s1. The predicted octanol–water partition coefficient (Wildman–Crippen LogP) is 1.53. The van der Waals surface area contributed by atoms with Crippen LogP contribution in [0.15, 0.2) is 12.2 Å². The Morgan fingerprint density at radius 1 is 1.60 bits per heavy atom. The van der Waals surface area contributed by atoms with Gasteiger partial charge in [-0.25, -0.2) is 0 Å². The summed E-state index contributed by atoms with van der Waals surface area (Å²) in [5, 5.41) is 0. The van der Waals surface area contributed by atoms with Gasteiger partial charge in [-0.15, -0.1) is 0 Å². The molecule has 2 fully saturated rings. The molecule has 1 saturated carbocycles. The van der Waals surface area contributed by atoms with Gasteiger partial charge in [-0.3, -0.25) is 4.79 Å². The number of ether oxygens (including phenoxy) is 2. The van der Waals surface area contributed by atoms with Crippen molar-refractivity contribution >= 4 is 5.78 Å². The third-order valence-corrected chi connectivity index (χ3v) is 4.25. The van der Waals surface area contributed by atoms with Crippen LogP contribution in [0.4, 0.5) is 0 Å². The molecule has 4 bridgehead atoms. The lowest BCUT2D eigenvalue weighted by atomic mass is 9.56. The molecule has 15 heavy (non-hydrogen) atoms. The Balaban J connectivity index is 2.15. The van der Waals surface area contributed by atoms with E-state index in [-0.39, 0.29) is 17.1 Å². The van der Waals surface area contributed by atoms with E-state index in [0.29, 0.717) is 12.5 Å². The van der Waals surface area contributed by atoms with Crippen LogP contribution in [0.2, 0.25) is 0 Å². The molecule has 1 aliphatic heterocycles. The number of allylic oxidation sites excluding steroid dienone is 1. The molecule has 1 heterocycles. The Hall–Kier alpha value is -0.670. The van der Waals surface area contributed by atoms with Gasteiger partial charge in [0.1, 0.15) is 0 Å². The number of carbonyl (C=O) groups excluding carboxylic acids is 1. The third-order valence-electron chi connectivity index (χ3n) is 4.25. The van der Waals surface area contributed by atoms with Crippen LogP contribution in [0.25, 0.3) is 0 Å². The van der Waals surface area contributed by atoms with Crippen molar-refractivity contribution in [3.05, 3.63) is 12.2 Å². The van der Waals surface area contributed by atoms with E-state index in [2.05, 4.69) is 6.08 Å². The smallest absolute Gasteiger partial charge is 0.236 e. The molecule has 4 rings (SSSR count). The summed E-state index contributed by atoms with van der Waals surface area (Å²) in [7, 11) is 1.58. The summed E-state index contributed by atoms with van der Waals surface area (Å²) in [4.78, 5) is 12.4. The quantitative estimate of drug-likeness (QED) is 0.613. The number of Topliss-reactive ketones (excluding diaryl/α,β-unsaturated/α-hetero) is 1. The lowest BCUT2D eigenvalue weighted by Crippen LogP contribution is -2.65. The van der Waals surface area contributed by atoms with Crippen molar-refractivity contribution in [3.8, 4) is 0 Å². The molecule has 0 spiro atoms. The second-order valence-corrected chi connectivity index (χ2v) is 5.10. The highest BCUT2D eigenvalue weighted by Crippen LogP contribution is 2.55. The molecule has 4 atom stereocenters. The zero-order chi connectivity index (χ0) is 10.7. The number of hydrogen-bond acceptors (Lipinski definition) is 3. The number of methoxy groups -OCH3 is 1. The molecular formula is C12H16O3. The summed E-state index contributed by atoms with van der Waals surface area (Å²) in [5.74, 6) is -0.178. The van der Waals surface area contributed by atoms with Gasteiger partial charge < -0.3 is 9.47 Å². The number of hydrogen-bond donors (Lipinski definition) is 0. The van der Waals surface area contributed by atoms with Crippen molar-refractivity contribution in [1.82, 2.24) is 0 Å². The summed E-state index contributed by atoms with van der Waals surface area (Å²) in [6, 6.07) is 0. The monoisotopic (exact) mass is 208 g/mol. The molecule has 3 heteroatoms. The van der Waals surface area contributed by atoms with Gasteiger partial charge in [-0.05, 0) is 25.7 Å². The van der Waals surface area contributed by atoms with E-state index >= 15 is 0 Å². The third kappa shape index (κ3) is 0.955. The largest absolute Gasteiger partial charge is 0.346 e. The molecule has 0 radical (unpaired) electrons. The Bertz CT molecular complexity index is 349. The van der Waals surface area contributed by atoms with Crippen LogP contribution in [0.1, 0.15) is 19.8 Å². The topological polar surface area (TPSA) is 35.5 Å². The Morgan fingerprint density at radius 2 is 2.40 bits per heavy atom. The van der Waals surface area contributed by atoms with Crippen LogP contribution in [-0.2, 0) is 14.3 Å². The fraction of sp³-hybridized carbons (Fsp3) is 0.750. The van der Waals surface area contributed by atoms with Crippen LogP contribution in [0.5, 0.6) is 0 Å². The Kier molecular flexibility index (Phi) is 1.73. The van der Waals surface area contributed by atoms with Crippen LogP contribution in [0, 0.1) is 17.3 Å². The minimum absolute atomic E-state index is 0.112. The van der Waals surface area contributed by atoms with Crippen molar-refractivity contribution in [2.45, 2.75) is 25.6 Å². The summed E-state index contributed by atoms with van der Waals surface area (Å²) in [6.45, 7) is 2.64. The summed E-state index contributed by atoms with van der Waals surface area (Å²) in [6.07, 6.45) is 6.17. The van der Waals surface area contributed by atoms with Gasteiger partial charge in [0, 0.05) is 13.0 Å². The highest BCUT2D eigenvalue weighted by atomic mass is 16.7. The van der Waals surface area contributed by atoms with Crippen LogP contribution >= 0.6 is 0 Å². The van der Waals surface area contributed by atoms with Gasteiger partial charge in [-0.2, -0.15) is 0 Å². The number of ketones is 1. The molecule has 0 N–H and O–H groups in total. The van der Waals surface area contributed by atoms with Gasteiger partial charge in [-0.1, -0.05) is 12.2 Å². The minimum Gasteiger partial charge on any atom is -0.346 e. The maximum Gasteiger partial charge on any atom is 0.236 e. The van der Waals surface area contributed by atoms with Crippen molar-refractivity contribution in [2.24, 2.45) is 17.3 Å². The second kappa shape index (κ2) is 2.71. The number of rotatable bonds is 1. The molecule has 4 aliphatic rings. The fourth-order valence-corrected chi connectivity index (χ4v) is 3.46. The maximum atomic E-state index is 12.4. The van der Waals surface area contributed by atoms with E-state index in [1.165, 1.54) is 0 Å². The maximum absolute atomic E-state index is 12.4. The SMILES string of the molecule is CO[C@]12OCC[C@H]3C[C@](C)(C=C[C@H]31)C2=O. The molecule has 0 unspecified atom stereocenters. The van der Waals surface area contributed by atoms with Gasteiger partial charge in [0.25, 0.3) is 0 Å². The summed E-state index contributed by atoms with van der Waals surface area (Å²) in [5.41, 5.74) is -0.365. The lowest BCUT2D eigenvalue weighted by molar-refractivity contribution is -0.279. The first-order valence-electron chi connectivity index (χ1n) is 5.56. The molecule has 0 aromatic heterocycles. The van der Waals surface area contributed by atoms with Crippen LogP contribution in [-0.4, -0.2) is 25.3 Å². The highest BCUT2D eigenvalue weighted by molar-refractivity contribution is 5.95. The van der Waals surface area contributed by atoms with Gasteiger partial charge >= 0.3 is 0 Å². The first-order valence-corrected chi connectivity index (χ1v) is 5.56. The first kappa shape index (κ1) is 9.55. The van der Waals surface area contributed by atoms with Gasteiger partial charge in [0.2, 0.25) is 11.6 Å². The molecule has 1 saturated heterocycles. The normalized spacial score (nSPS) is 52.3. The minimum atomic E-state index is -0.968. The zero-order valence-electron chi connectivity index (χ0n) is 9.16. The fourth-order valence-electron chi connectivity index (χ4n) is 3.46. The summed E-state index contributed by atoms with van der Waals surface area (Å²) < 4.78 is 11.1. The molecular weight excluding hydrogens is 192 g/mol.